The summed E-state index contributed by atoms with van der Waals surface area (Å²) in [6, 6.07) is 80.6. The van der Waals surface area contributed by atoms with Gasteiger partial charge in [-0.2, -0.15) is 0 Å². The van der Waals surface area contributed by atoms with Crippen LogP contribution in [-0.4, -0.2) is 49.6 Å². The van der Waals surface area contributed by atoms with Crippen LogP contribution in [0.5, 0.6) is 23.0 Å². The van der Waals surface area contributed by atoms with E-state index < -0.39 is 0 Å². The SMILES string of the molecule is CCOc1ccc(C(=NCOc2ccc(C(=NCOc3ccc(C(=NCOc4ccc(C(=Nc5cccc(C)c5)c5ccccc5)cc4)c4ccccc4)cc3)c3ccccc3)cc2)c2ccccc2)cc1. The molecular weight excluding hydrogens is 889 g/mol. The predicted molar refractivity (Wildman–Crippen MR) is 293 cm³/mol. The van der Waals surface area contributed by atoms with E-state index in [1.54, 1.807) is 0 Å². The topological polar surface area (TPSA) is 86.4 Å². The fraction of sp³-hybridized carbons (Fsp3) is 0.0938. The number of aryl methyl sites for hydroxylation is 1. The van der Waals surface area contributed by atoms with Gasteiger partial charge < -0.3 is 18.9 Å². The van der Waals surface area contributed by atoms with Crippen molar-refractivity contribution in [2.75, 3.05) is 26.8 Å². The van der Waals surface area contributed by atoms with Crippen LogP contribution in [-0.2, 0) is 0 Å². The first-order valence-corrected chi connectivity index (χ1v) is 24.0. The van der Waals surface area contributed by atoms with Crippen LogP contribution in [0.3, 0.4) is 0 Å². The van der Waals surface area contributed by atoms with Gasteiger partial charge in [0.2, 0.25) is 0 Å². The van der Waals surface area contributed by atoms with Gasteiger partial charge in [0.15, 0.2) is 20.2 Å². The molecule has 8 heteroatoms. The summed E-state index contributed by atoms with van der Waals surface area (Å²) in [6.07, 6.45) is 0. The Labute approximate surface area is 422 Å². The molecule has 9 aromatic carbocycles. The van der Waals surface area contributed by atoms with Gasteiger partial charge in [-0.3, -0.25) is 0 Å². The molecule has 0 spiro atoms. The van der Waals surface area contributed by atoms with Gasteiger partial charge in [-0.25, -0.2) is 20.0 Å². The highest BCUT2D eigenvalue weighted by atomic mass is 16.5. The molecule has 0 aliphatic rings. The third-order valence-corrected chi connectivity index (χ3v) is 11.6. The zero-order valence-electron chi connectivity index (χ0n) is 40.3. The highest BCUT2D eigenvalue weighted by molar-refractivity contribution is 6.15. The smallest absolute Gasteiger partial charge is 0.179 e. The lowest BCUT2D eigenvalue weighted by Gasteiger charge is -2.12. The number of hydrogen-bond donors (Lipinski definition) is 0. The Morgan fingerprint density at radius 3 is 0.917 bits per heavy atom. The first kappa shape index (κ1) is 47.9. The molecule has 0 fully saturated rings. The first-order chi connectivity index (χ1) is 35.6. The summed E-state index contributed by atoms with van der Waals surface area (Å²) in [7, 11) is 0. The van der Waals surface area contributed by atoms with Gasteiger partial charge >= 0.3 is 0 Å². The second kappa shape index (κ2) is 24.4. The van der Waals surface area contributed by atoms with E-state index in [0.29, 0.717) is 23.9 Å². The van der Waals surface area contributed by atoms with Crippen molar-refractivity contribution in [2.45, 2.75) is 13.8 Å². The Bertz CT molecular complexity index is 3250. The van der Waals surface area contributed by atoms with Crippen LogP contribution in [0.25, 0.3) is 0 Å². The van der Waals surface area contributed by atoms with Crippen LogP contribution in [0.1, 0.15) is 57.0 Å². The third kappa shape index (κ3) is 12.9. The molecule has 0 saturated carbocycles. The summed E-state index contributed by atoms with van der Waals surface area (Å²) in [4.78, 5) is 19.9. The van der Waals surface area contributed by atoms with Gasteiger partial charge in [0.05, 0.1) is 35.1 Å². The zero-order valence-corrected chi connectivity index (χ0v) is 40.3. The lowest BCUT2D eigenvalue weighted by Crippen LogP contribution is -2.08. The van der Waals surface area contributed by atoms with Crippen molar-refractivity contribution >= 4 is 28.5 Å². The molecule has 72 heavy (non-hydrogen) atoms. The monoisotopic (exact) mass is 942 g/mol. The van der Waals surface area contributed by atoms with Gasteiger partial charge in [-0.15, -0.1) is 0 Å². The molecule has 0 aromatic heterocycles. The quantitative estimate of drug-likeness (QED) is 0.0712. The number of hydrogen-bond acceptors (Lipinski definition) is 8. The van der Waals surface area contributed by atoms with E-state index in [-0.39, 0.29) is 20.2 Å². The highest BCUT2D eigenvalue weighted by Gasteiger charge is 2.13. The fourth-order valence-electron chi connectivity index (χ4n) is 8.07. The van der Waals surface area contributed by atoms with Gasteiger partial charge in [0, 0.05) is 44.5 Å². The molecular formula is C64H54N4O4. The van der Waals surface area contributed by atoms with Crippen molar-refractivity contribution in [1.29, 1.82) is 0 Å². The van der Waals surface area contributed by atoms with Crippen LogP contribution in [0.2, 0.25) is 0 Å². The van der Waals surface area contributed by atoms with E-state index in [9.17, 15) is 0 Å². The van der Waals surface area contributed by atoms with E-state index in [1.807, 2.05) is 201 Å². The molecule has 0 saturated heterocycles. The van der Waals surface area contributed by atoms with Crippen LogP contribution in [0.4, 0.5) is 5.69 Å². The molecule has 354 valence electrons. The Morgan fingerprint density at radius 1 is 0.306 bits per heavy atom. The minimum atomic E-state index is 0.112. The maximum Gasteiger partial charge on any atom is 0.179 e. The molecule has 0 amide bonds. The summed E-state index contributed by atoms with van der Waals surface area (Å²) in [5.41, 5.74) is 13.3. The Balaban J connectivity index is 0.860. The molecule has 0 aliphatic heterocycles. The summed E-state index contributed by atoms with van der Waals surface area (Å²) < 4.78 is 24.3. The van der Waals surface area contributed by atoms with Crippen molar-refractivity contribution in [3.8, 4) is 23.0 Å². The minimum absolute atomic E-state index is 0.112. The molecule has 0 atom stereocenters. The number of ether oxygens (including phenoxy) is 4. The summed E-state index contributed by atoms with van der Waals surface area (Å²) in [5, 5.41) is 0. The lowest BCUT2D eigenvalue weighted by molar-refractivity contribution is 0.331. The predicted octanol–water partition coefficient (Wildman–Crippen LogP) is 14.2. The van der Waals surface area contributed by atoms with E-state index in [1.165, 1.54) is 0 Å². The van der Waals surface area contributed by atoms with Gasteiger partial charge in [-0.1, -0.05) is 133 Å². The number of benzene rings is 9. The fourth-order valence-corrected chi connectivity index (χ4v) is 8.07. The standard InChI is InChI=1S/C64H54N4O4/c1-3-69-57-35-27-52(28-36-57)61(48-18-8-4-9-19-48)65-44-70-58-37-29-53(30-38-58)62(49-20-10-5-11-21-49)66-45-71-59-39-31-54(32-40-59)63(50-22-12-6-13-23-50)67-46-72-60-41-33-55(34-42-60)64(51-24-14-7-15-25-51)68-56-26-16-17-47(2)43-56/h4-43H,3,44-46H2,1-2H3. The van der Waals surface area contributed by atoms with Gasteiger partial charge in [0.1, 0.15) is 23.0 Å². The van der Waals surface area contributed by atoms with Crippen LogP contribution < -0.4 is 18.9 Å². The van der Waals surface area contributed by atoms with Gasteiger partial charge in [0.25, 0.3) is 0 Å². The van der Waals surface area contributed by atoms with Gasteiger partial charge in [-0.05, 0) is 129 Å². The maximum atomic E-state index is 6.24. The van der Waals surface area contributed by atoms with Crippen molar-refractivity contribution in [1.82, 2.24) is 0 Å². The van der Waals surface area contributed by atoms with Crippen molar-refractivity contribution < 1.29 is 18.9 Å². The molecule has 9 rings (SSSR count). The second-order valence-corrected chi connectivity index (χ2v) is 16.6. The molecule has 0 radical (unpaired) electrons. The molecule has 0 bridgehead atoms. The van der Waals surface area contributed by atoms with E-state index >= 15 is 0 Å². The summed E-state index contributed by atoms with van der Waals surface area (Å²) in [6.45, 7) is 5.05. The molecule has 0 N–H and O–H groups in total. The van der Waals surface area contributed by atoms with E-state index in [2.05, 4.69) is 55.5 Å². The normalized spacial score (nSPS) is 12.0. The molecule has 0 heterocycles. The Hall–Kier alpha value is -9.14. The first-order valence-electron chi connectivity index (χ1n) is 24.0. The Kier molecular flexibility index (Phi) is 16.2. The molecule has 9 aromatic rings. The largest absolute Gasteiger partial charge is 0.494 e. The molecule has 8 nitrogen and oxygen atoms in total. The lowest BCUT2D eigenvalue weighted by atomic mass is 10.0. The Morgan fingerprint density at radius 2 is 0.597 bits per heavy atom. The zero-order chi connectivity index (χ0) is 49.2. The molecule has 0 aliphatic carbocycles. The second-order valence-electron chi connectivity index (χ2n) is 16.6. The van der Waals surface area contributed by atoms with Crippen molar-refractivity contribution in [3.63, 3.8) is 0 Å². The maximum absolute atomic E-state index is 6.24. The summed E-state index contributed by atoms with van der Waals surface area (Å²) in [5.74, 6) is 2.91. The van der Waals surface area contributed by atoms with Crippen LogP contribution in [0.15, 0.2) is 263 Å². The average Bonchev–Trinajstić information content (AvgIpc) is 3.44. The summed E-state index contributed by atoms with van der Waals surface area (Å²) >= 11 is 0. The van der Waals surface area contributed by atoms with E-state index in [4.69, 9.17) is 38.9 Å². The number of aliphatic imine (C=N–C) groups is 4. The van der Waals surface area contributed by atoms with Crippen LogP contribution in [0, 0.1) is 6.92 Å². The van der Waals surface area contributed by atoms with Crippen molar-refractivity contribution in [3.05, 3.63) is 293 Å². The minimum Gasteiger partial charge on any atom is -0.494 e. The number of rotatable bonds is 20. The number of nitrogens with zero attached hydrogens (tertiary/aromatic N) is 4. The van der Waals surface area contributed by atoms with E-state index in [0.717, 1.165) is 84.4 Å². The van der Waals surface area contributed by atoms with Crippen LogP contribution >= 0.6 is 0 Å². The highest BCUT2D eigenvalue weighted by Crippen LogP contribution is 2.24. The average molecular weight is 943 g/mol. The third-order valence-electron chi connectivity index (χ3n) is 11.6. The van der Waals surface area contributed by atoms with Crippen molar-refractivity contribution in [2.24, 2.45) is 20.0 Å². The molecule has 0 unspecified atom stereocenters.